The predicted molar refractivity (Wildman–Crippen MR) is 67.8 cm³/mol. The van der Waals surface area contributed by atoms with Crippen LogP contribution in [0.1, 0.15) is 32.6 Å². The second-order valence-electron chi connectivity index (χ2n) is 4.91. The molecular formula is C13H19F3N2O2. The van der Waals surface area contributed by atoms with Crippen molar-refractivity contribution in [2.45, 2.75) is 38.8 Å². The molecule has 7 heteroatoms. The Labute approximate surface area is 115 Å². The molecule has 1 fully saturated rings. The fourth-order valence-electron chi connectivity index (χ4n) is 2.22. The van der Waals surface area contributed by atoms with Gasteiger partial charge in [-0.05, 0) is 25.7 Å². The van der Waals surface area contributed by atoms with Crippen LogP contribution in [0.4, 0.5) is 13.2 Å². The zero-order chi connectivity index (χ0) is 15.2. The Balaban J connectivity index is 2.23. The van der Waals surface area contributed by atoms with E-state index in [-0.39, 0.29) is 19.0 Å². The van der Waals surface area contributed by atoms with Gasteiger partial charge in [-0.25, -0.2) is 0 Å². The standard InChI is InChI=1S/C13H19F3N2O2/c1-9(10-4-2-3-5-10)8-11(19)17-6-7-18-12(20)13(14,15)16/h8,10H,2-7H2,1H3,(H,17,19)(H,18,20)/b9-8+. The lowest BCUT2D eigenvalue weighted by Crippen LogP contribution is -2.41. The minimum Gasteiger partial charge on any atom is -0.351 e. The molecule has 1 saturated carbocycles. The van der Waals surface area contributed by atoms with Gasteiger partial charge in [0, 0.05) is 19.2 Å². The summed E-state index contributed by atoms with van der Waals surface area (Å²) in [5.74, 6) is -1.90. The van der Waals surface area contributed by atoms with Gasteiger partial charge in [0.2, 0.25) is 5.91 Å². The maximum absolute atomic E-state index is 11.9. The summed E-state index contributed by atoms with van der Waals surface area (Å²) in [5.41, 5.74) is 0.999. The van der Waals surface area contributed by atoms with E-state index in [1.165, 1.54) is 18.9 Å². The van der Waals surface area contributed by atoms with Crippen molar-refractivity contribution < 1.29 is 22.8 Å². The third kappa shape index (κ3) is 5.63. The fraction of sp³-hybridized carbons (Fsp3) is 0.692. The van der Waals surface area contributed by atoms with Crippen LogP contribution in [0.25, 0.3) is 0 Å². The first-order valence-corrected chi connectivity index (χ1v) is 6.61. The summed E-state index contributed by atoms with van der Waals surface area (Å²) in [4.78, 5) is 22.0. The summed E-state index contributed by atoms with van der Waals surface area (Å²) in [6.45, 7) is 1.61. The Morgan fingerprint density at radius 3 is 2.25 bits per heavy atom. The second-order valence-corrected chi connectivity index (χ2v) is 4.91. The molecule has 1 rings (SSSR count). The Hall–Kier alpha value is -1.53. The lowest BCUT2D eigenvalue weighted by Gasteiger charge is -2.10. The third-order valence-electron chi connectivity index (χ3n) is 3.33. The van der Waals surface area contributed by atoms with Gasteiger partial charge in [-0.3, -0.25) is 9.59 Å². The summed E-state index contributed by atoms with van der Waals surface area (Å²) < 4.78 is 35.6. The highest BCUT2D eigenvalue weighted by atomic mass is 19.4. The molecule has 0 aromatic carbocycles. The number of nitrogens with one attached hydrogen (secondary N) is 2. The highest BCUT2D eigenvalue weighted by Crippen LogP contribution is 2.30. The van der Waals surface area contributed by atoms with Crippen molar-refractivity contribution >= 4 is 11.8 Å². The first-order valence-electron chi connectivity index (χ1n) is 6.61. The van der Waals surface area contributed by atoms with Crippen LogP contribution >= 0.6 is 0 Å². The van der Waals surface area contributed by atoms with E-state index in [4.69, 9.17) is 0 Å². The van der Waals surface area contributed by atoms with Crippen LogP contribution in [0.5, 0.6) is 0 Å². The molecule has 1 aliphatic carbocycles. The minimum atomic E-state index is -4.89. The van der Waals surface area contributed by atoms with Gasteiger partial charge in [0.15, 0.2) is 0 Å². The van der Waals surface area contributed by atoms with Crippen LogP contribution < -0.4 is 10.6 Å². The smallest absolute Gasteiger partial charge is 0.351 e. The van der Waals surface area contributed by atoms with E-state index < -0.39 is 12.1 Å². The van der Waals surface area contributed by atoms with E-state index in [9.17, 15) is 22.8 Å². The number of alkyl halides is 3. The van der Waals surface area contributed by atoms with Crippen LogP contribution in [0.2, 0.25) is 0 Å². The highest BCUT2D eigenvalue weighted by Gasteiger charge is 2.38. The summed E-state index contributed by atoms with van der Waals surface area (Å²) in [6, 6.07) is 0. The number of hydrogen-bond donors (Lipinski definition) is 2. The quantitative estimate of drug-likeness (QED) is 0.601. The first kappa shape index (κ1) is 16.5. The molecule has 114 valence electrons. The van der Waals surface area contributed by atoms with E-state index in [1.807, 2.05) is 6.92 Å². The molecule has 0 aromatic rings. The summed E-state index contributed by atoms with van der Waals surface area (Å²) in [7, 11) is 0. The van der Waals surface area contributed by atoms with Gasteiger partial charge in [-0.2, -0.15) is 13.2 Å². The van der Waals surface area contributed by atoms with Gasteiger partial charge >= 0.3 is 12.1 Å². The Kier molecular flexibility index (Phi) is 6.04. The van der Waals surface area contributed by atoms with Gasteiger partial charge in [0.25, 0.3) is 0 Å². The third-order valence-corrected chi connectivity index (χ3v) is 3.33. The minimum absolute atomic E-state index is 0.0326. The van der Waals surface area contributed by atoms with E-state index in [0.29, 0.717) is 5.92 Å². The molecule has 4 nitrogen and oxygen atoms in total. The van der Waals surface area contributed by atoms with Gasteiger partial charge in [-0.1, -0.05) is 18.4 Å². The Bertz CT molecular complexity index is 386. The number of hydrogen-bond acceptors (Lipinski definition) is 2. The van der Waals surface area contributed by atoms with Crippen LogP contribution in [-0.4, -0.2) is 31.1 Å². The molecule has 1 aliphatic rings. The highest BCUT2D eigenvalue weighted by molar-refractivity contribution is 5.88. The van der Waals surface area contributed by atoms with Gasteiger partial charge in [0.05, 0.1) is 0 Å². The SMILES string of the molecule is C/C(=C\C(=O)NCCNC(=O)C(F)(F)F)C1CCCC1. The maximum Gasteiger partial charge on any atom is 0.471 e. The molecule has 0 unspecified atom stereocenters. The lowest BCUT2D eigenvalue weighted by atomic mass is 9.99. The van der Waals surface area contributed by atoms with Crippen molar-refractivity contribution in [1.29, 1.82) is 0 Å². The van der Waals surface area contributed by atoms with Crippen molar-refractivity contribution in [2.75, 3.05) is 13.1 Å². The average Bonchev–Trinajstić information content (AvgIpc) is 2.86. The zero-order valence-corrected chi connectivity index (χ0v) is 11.3. The topological polar surface area (TPSA) is 58.2 Å². The summed E-state index contributed by atoms with van der Waals surface area (Å²) in [6.07, 6.45) is 1.10. The van der Waals surface area contributed by atoms with E-state index in [2.05, 4.69) is 5.32 Å². The maximum atomic E-state index is 11.9. The Morgan fingerprint density at radius 2 is 1.70 bits per heavy atom. The zero-order valence-electron chi connectivity index (χ0n) is 11.3. The molecule has 2 N–H and O–H groups in total. The number of amides is 2. The molecule has 0 bridgehead atoms. The van der Waals surface area contributed by atoms with Gasteiger partial charge in [0.1, 0.15) is 0 Å². The largest absolute Gasteiger partial charge is 0.471 e. The number of allylic oxidation sites excluding steroid dienone is 1. The molecule has 0 spiro atoms. The fourth-order valence-corrected chi connectivity index (χ4v) is 2.22. The number of carbonyl (C=O) groups is 2. The molecule has 0 radical (unpaired) electrons. The molecular weight excluding hydrogens is 273 g/mol. The van der Waals surface area contributed by atoms with Gasteiger partial charge < -0.3 is 10.6 Å². The lowest BCUT2D eigenvalue weighted by molar-refractivity contribution is -0.173. The van der Waals surface area contributed by atoms with Crippen LogP contribution in [-0.2, 0) is 9.59 Å². The van der Waals surface area contributed by atoms with Crippen LogP contribution in [0.15, 0.2) is 11.6 Å². The molecule has 0 saturated heterocycles. The second kappa shape index (κ2) is 7.31. The van der Waals surface area contributed by atoms with Crippen molar-refractivity contribution in [3.8, 4) is 0 Å². The number of halogens is 3. The molecule has 20 heavy (non-hydrogen) atoms. The van der Waals surface area contributed by atoms with E-state index in [0.717, 1.165) is 18.4 Å². The van der Waals surface area contributed by atoms with Crippen LogP contribution in [0.3, 0.4) is 0 Å². The number of carbonyl (C=O) groups excluding carboxylic acids is 2. The molecule has 0 aliphatic heterocycles. The van der Waals surface area contributed by atoms with Crippen molar-refractivity contribution in [3.63, 3.8) is 0 Å². The monoisotopic (exact) mass is 292 g/mol. The molecule has 2 amide bonds. The van der Waals surface area contributed by atoms with Gasteiger partial charge in [-0.15, -0.1) is 0 Å². The molecule has 0 aromatic heterocycles. The predicted octanol–water partition coefficient (Wildman–Crippen LogP) is 1.92. The first-order chi connectivity index (χ1) is 9.30. The molecule has 0 atom stereocenters. The van der Waals surface area contributed by atoms with E-state index in [1.54, 1.807) is 5.32 Å². The van der Waals surface area contributed by atoms with Crippen molar-refractivity contribution in [1.82, 2.24) is 10.6 Å². The average molecular weight is 292 g/mol. The number of rotatable bonds is 5. The van der Waals surface area contributed by atoms with E-state index >= 15 is 0 Å². The summed E-state index contributed by atoms with van der Waals surface area (Å²) in [5, 5.41) is 4.13. The van der Waals surface area contributed by atoms with Crippen molar-refractivity contribution in [2.24, 2.45) is 5.92 Å². The Morgan fingerprint density at radius 1 is 1.15 bits per heavy atom. The summed E-state index contributed by atoms with van der Waals surface area (Å²) >= 11 is 0. The normalized spacial score (nSPS) is 17.1. The molecule has 0 heterocycles. The van der Waals surface area contributed by atoms with Crippen molar-refractivity contribution in [3.05, 3.63) is 11.6 Å². The van der Waals surface area contributed by atoms with Crippen LogP contribution in [0, 0.1) is 5.92 Å².